The molecule has 1 heterocycles. The van der Waals surface area contributed by atoms with Crippen molar-refractivity contribution >= 4 is 21.9 Å². The molecule has 0 saturated heterocycles. The van der Waals surface area contributed by atoms with Crippen LogP contribution in [0.3, 0.4) is 0 Å². The number of rotatable bonds is 5. The fraction of sp³-hybridized carbons (Fsp3) is 0.462. The molecule has 1 aliphatic rings. The molecule has 19 heavy (non-hydrogen) atoms. The molecule has 1 aromatic carbocycles. The van der Waals surface area contributed by atoms with Gasteiger partial charge in [0, 0.05) is 11.0 Å². The molecule has 104 valence electrons. The Morgan fingerprint density at radius 1 is 1.47 bits per heavy atom. The maximum Gasteiger partial charge on any atom is 0.322 e. The van der Waals surface area contributed by atoms with Crippen LogP contribution in [0.15, 0.2) is 16.6 Å². The zero-order valence-corrected chi connectivity index (χ0v) is 12.5. The molecule has 2 rings (SSSR count). The van der Waals surface area contributed by atoms with Crippen LogP contribution in [0.4, 0.5) is 0 Å². The fourth-order valence-electron chi connectivity index (χ4n) is 1.71. The molecule has 0 amide bonds. The van der Waals surface area contributed by atoms with Gasteiger partial charge in [0.2, 0.25) is 6.79 Å². The normalized spacial score (nSPS) is 14.3. The molecule has 0 radical (unpaired) electrons. The number of hydrogen-bond donors (Lipinski definition) is 1. The first kappa shape index (κ1) is 14.1. The zero-order chi connectivity index (χ0) is 13.8. The van der Waals surface area contributed by atoms with Gasteiger partial charge in [0.1, 0.15) is 6.04 Å². The van der Waals surface area contributed by atoms with E-state index in [2.05, 4.69) is 21.2 Å². The molecule has 1 aliphatic heterocycles. The number of benzene rings is 1. The molecule has 1 aromatic rings. The van der Waals surface area contributed by atoms with Crippen molar-refractivity contribution in [1.29, 1.82) is 0 Å². The third kappa shape index (κ3) is 3.39. The van der Waals surface area contributed by atoms with Crippen LogP contribution >= 0.6 is 15.9 Å². The predicted octanol–water partition coefficient (Wildman–Crippen LogP) is 2.22. The van der Waals surface area contributed by atoms with Gasteiger partial charge < -0.3 is 19.5 Å². The zero-order valence-electron chi connectivity index (χ0n) is 10.9. The summed E-state index contributed by atoms with van der Waals surface area (Å²) in [6, 6.07) is 3.42. The summed E-state index contributed by atoms with van der Waals surface area (Å²) in [6.45, 7) is 4.74. The lowest BCUT2D eigenvalue weighted by Crippen LogP contribution is -2.34. The number of esters is 1. The van der Waals surface area contributed by atoms with Crippen molar-refractivity contribution < 1.29 is 19.0 Å². The average Bonchev–Trinajstić information content (AvgIpc) is 2.82. The highest BCUT2D eigenvalue weighted by Crippen LogP contribution is 2.36. The Labute approximate surface area is 120 Å². The lowest BCUT2D eigenvalue weighted by atomic mass is 10.2. The van der Waals surface area contributed by atoms with Gasteiger partial charge in [-0.2, -0.15) is 0 Å². The minimum Gasteiger partial charge on any atom is -0.465 e. The van der Waals surface area contributed by atoms with Crippen molar-refractivity contribution in [1.82, 2.24) is 5.32 Å². The maximum atomic E-state index is 11.5. The van der Waals surface area contributed by atoms with E-state index in [1.807, 2.05) is 12.1 Å². The highest BCUT2D eigenvalue weighted by Gasteiger charge is 2.18. The standard InChI is InChI=1S/C13H16BrNO4/c1-3-17-13(16)8(2)15-6-9-4-11-12(5-10(9)14)19-7-18-11/h4-5,8,15H,3,6-7H2,1-2H3. The van der Waals surface area contributed by atoms with Crippen LogP contribution in [0.1, 0.15) is 19.4 Å². The highest BCUT2D eigenvalue weighted by atomic mass is 79.9. The van der Waals surface area contributed by atoms with Crippen molar-refractivity contribution in [3.8, 4) is 11.5 Å². The molecule has 0 spiro atoms. The van der Waals surface area contributed by atoms with Gasteiger partial charge in [-0.3, -0.25) is 4.79 Å². The van der Waals surface area contributed by atoms with Gasteiger partial charge in [-0.1, -0.05) is 15.9 Å². The van der Waals surface area contributed by atoms with Gasteiger partial charge >= 0.3 is 5.97 Å². The molecule has 6 heteroatoms. The first-order valence-corrected chi connectivity index (χ1v) is 6.89. The van der Waals surface area contributed by atoms with Crippen molar-refractivity contribution in [3.63, 3.8) is 0 Å². The molecule has 0 aromatic heterocycles. The van der Waals surface area contributed by atoms with Crippen molar-refractivity contribution in [2.75, 3.05) is 13.4 Å². The molecular formula is C13H16BrNO4. The summed E-state index contributed by atoms with van der Waals surface area (Å²) in [5.74, 6) is 1.21. The summed E-state index contributed by atoms with van der Waals surface area (Å²) in [4.78, 5) is 11.5. The smallest absolute Gasteiger partial charge is 0.322 e. The van der Waals surface area contributed by atoms with E-state index in [-0.39, 0.29) is 18.8 Å². The quantitative estimate of drug-likeness (QED) is 0.839. The summed E-state index contributed by atoms with van der Waals surface area (Å²) >= 11 is 3.48. The molecule has 0 fully saturated rings. The Hall–Kier alpha value is -1.27. The molecule has 1 N–H and O–H groups in total. The largest absolute Gasteiger partial charge is 0.465 e. The second kappa shape index (κ2) is 6.25. The monoisotopic (exact) mass is 329 g/mol. The van der Waals surface area contributed by atoms with Gasteiger partial charge in [-0.05, 0) is 31.5 Å². The Morgan fingerprint density at radius 2 is 2.16 bits per heavy atom. The summed E-state index contributed by atoms with van der Waals surface area (Å²) < 4.78 is 16.5. The van der Waals surface area contributed by atoms with E-state index in [0.29, 0.717) is 13.2 Å². The number of ether oxygens (including phenoxy) is 3. The molecule has 0 bridgehead atoms. The summed E-state index contributed by atoms with van der Waals surface area (Å²) in [5, 5.41) is 3.11. The van der Waals surface area contributed by atoms with Crippen LogP contribution in [0.25, 0.3) is 0 Å². The second-order valence-electron chi connectivity index (χ2n) is 4.15. The van der Waals surface area contributed by atoms with E-state index in [1.54, 1.807) is 13.8 Å². The van der Waals surface area contributed by atoms with Crippen molar-refractivity contribution in [2.45, 2.75) is 26.4 Å². The number of hydrogen-bond acceptors (Lipinski definition) is 5. The number of carbonyl (C=O) groups excluding carboxylic acids is 1. The van der Waals surface area contributed by atoms with Crippen LogP contribution < -0.4 is 14.8 Å². The van der Waals surface area contributed by atoms with Crippen LogP contribution in [-0.4, -0.2) is 25.4 Å². The van der Waals surface area contributed by atoms with E-state index in [9.17, 15) is 4.79 Å². The van der Waals surface area contributed by atoms with Crippen LogP contribution in [0.2, 0.25) is 0 Å². The lowest BCUT2D eigenvalue weighted by molar-refractivity contribution is -0.145. The summed E-state index contributed by atoms with van der Waals surface area (Å²) in [5.41, 5.74) is 1.00. The Kier molecular flexibility index (Phi) is 4.66. The van der Waals surface area contributed by atoms with Crippen LogP contribution in [0, 0.1) is 0 Å². The van der Waals surface area contributed by atoms with Crippen molar-refractivity contribution in [3.05, 3.63) is 22.2 Å². The first-order chi connectivity index (χ1) is 9.11. The predicted molar refractivity (Wildman–Crippen MR) is 73.2 cm³/mol. The molecule has 1 atom stereocenters. The van der Waals surface area contributed by atoms with Gasteiger partial charge in [0.25, 0.3) is 0 Å². The first-order valence-electron chi connectivity index (χ1n) is 6.10. The maximum absolute atomic E-state index is 11.5. The molecule has 5 nitrogen and oxygen atoms in total. The van der Waals surface area contributed by atoms with E-state index in [4.69, 9.17) is 14.2 Å². The summed E-state index contributed by atoms with van der Waals surface area (Å²) in [7, 11) is 0. The molecule has 0 aliphatic carbocycles. The topological polar surface area (TPSA) is 56.8 Å². The molecule has 1 unspecified atom stereocenters. The number of carbonyl (C=O) groups is 1. The van der Waals surface area contributed by atoms with Crippen LogP contribution in [0.5, 0.6) is 11.5 Å². The third-order valence-corrected chi connectivity index (χ3v) is 3.52. The highest BCUT2D eigenvalue weighted by molar-refractivity contribution is 9.10. The van der Waals surface area contributed by atoms with E-state index >= 15 is 0 Å². The van der Waals surface area contributed by atoms with E-state index in [0.717, 1.165) is 21.5 Å². The number of halogens is 1. The van der Waals surface area contributed by atoms with E-state index in [1.165, 1.54) is 0 Å². The Morgan fingerprint density at radius 3 is 2.84 bits per heavy atom. The minimum atomic E-state index is -0.350. The molecular weight excluding hydrogens is 314 g/mol. The number of nitrogens with one attached hydrogen (secondary N) is 1. The third-order valence-electron chi connectivity index (χ3n) is 2.78. The number of fused-ring (bicyclic) bond motifs is 1. The summed E-state index contributed by atoms with van der Waals surface area (Å²) in [6.07, 6.45) is 0. The Bertz CT molecular complexity index is 478. The van der Waals surface area contributed by atoms with Gasteiger partial charge in [-0.25, -0.2) is 0 Å². The average molecular weight is 330 g/mol. The Balaban J connectivity index is 1.98. The minimum absolute atomic E-state index is 0.248. The lowest BCUT2D eigenvalue weighted by Gasteiger charge is -2.13. The SMILES string of the molecule is CCOC(=O)C(C)NCc1cc2c(cc1Br)OCO2. The van der Waals surface area contributed by atoms with Crippen LogP contribution in [-0.2, 0) is 16.1 Å². The van der Waals surface area contributed by atoms with Gasteiger partial charge in [-0.15, -0.1) is 0 Å². The second-order valence-corrected chi connectivity index (χ2v) is 5.01. The van der Waals surface area contributed by atoms with Gasteiger partial charge in [0.05, 0.1) is 6.61 Å². The fourth-order valence-corrected chi connectivity index (χ4v) is 2.17. The molecule has 0 saturated carbocycles. The van der Waals surface area contributed by atoms with Crippen molar-refractivity contribution in [2.24, 2.45) is 0 Å². The van der Waals surface area contributed by atoms with E-state index < -0.39 is 0 Å². The van der Waals surface area contributed by atoms with Gasteiger partial charge in [0.15, 0.2) is 11.5 Å².